The second-order valence-electron chi connectivity index (χ2n) is 4.48. The molecular weight excluding hydrogens is 240 g/mol. The van der Waals surface area contributed by atoms with Gasteiger partial charge in [-0.15, -0.1) is 0 Å². The van der Waals surface area contributed by atoms with Gasteiger partial charge in [0.2, 0.25) is 5.91 Å². The fourth-order valence-corrected chi connectivity index (χ4v) is 2.05. The maximum Gasteiger partial charge on any atom is 0.220 e. The highest BCUT2D eigenvalue weighted by atomic mass is 16.5. The van der Waals surface area contributed by atoms with Crippen molar-refractivity contribution in [3.8, 4) is 5.75 Å². The van der Waals surface area contributed by atoms with Gasteiger partial charge in [0.05, 0.1) is 13.2 Å². The average Bonchev–Trinajstić information content (AvgIpc) is 2.45. The SMILES string of the molecule is CCC(NC(=O)CCCNC)c1ccccc1OC. The Morgan fingerprint density at radius 2 is 2.11 bits per heavy atom. The number of hydrogen-bond acceptors (Lipinski definition) is 3. The second-order valence-corrected chi connectivity index (χ2v) is 4.48. The minimum absolute atomic E-state index is 0.0123. The number of rotatable bonds is 8. The Labute approximate surface area is 115 Å². The molecule has 106 valence electrons. The maximum atomic E-state index is 11.9. The van der Waals surface area contributed by atoms with E-state index >= 15 is 0 Å². The van der Waals surface area contributed by atoms with Crippen LogP contribution in [0.1, 0.15) is 37.8 Å². The van der Waals surface area contributed by atoms with E-state index in [1.54, 1.807) is 7.11 Å². The standard InChI is InChI=1S/C15H24N2O2/c1-4-13(17-15(18)10-7-11-16-2)12-8-5-6-9-14(12)19-3/h5-6,8-9,13,16H,4,7,10-11H2,1-3H3,(H,17,18). The fraction of sp³-hybridized carbons (Fsp3) is 0.533. The summed E-state index contributed by atoms with van der Waals surface area (Å²) in [6.07, 6.45) is 2.25. The van der Waals surface area contributed by atoms with Crippen LogP contribution in [0.25, 0.3) is 0 Å². The molecule has 0 radical (unpaired) electrons. The number of hydrogen-bond donors (Lipinski definition) is 2. The van der Waals surface area contributed by atoms with Crippen LogP contribution in [0, 0.1) is 0 Å². The number of carbonyl (C=O) groups is 1. The summed E-state index contributed by atoms with van der Waals surface area (Å²) in [6.45, 7) is 2.92. The molecule has 0 aliphatic carbocycles. The number of benzene rings is 1. The van der Waals surface area contributed by atoms with Gasteiger partial charge in [-0.25, -0.2) is 0 Å². The van der Waals surface area contributed by atoms with Crippen molar-refractivity contribution in [3.63, 3.8) is 0 Å². The number of para-hydroxylation sites is 1. The molecule has 0 fully saturated rings. The van der Waals surface area contributed by atoms with Crippen molar-refractivity contribution in [2.75, 3.05) is 20.7 Å². The third-order valence-electron chi connectivity index (χ3n) is 3.09. The first kappa shape index (κ1) is 15.5. The third kappa shape index (κ3) is 4.91. The molecule has 2 N–H and O–H groups in total. The summed E-state index contributed by atoms with van der Waals surface area (Å²) in [5.41, 5.74) is 1.04. The van der Waals surface area contributed by atoms with Gasteiger partial charge in [0.25, 0.3) is 0 Å². The summed E-state index contributed by atoms with van der Waals surface area (Å²) in [4.78, 5) is 11.9. The Hall–Kier alpha value is -1.55. The Balaban J connectivity index is 2.64. The van der Waals surface area contributed by atoms with Crippen LogP contribution < -0.4 is 15.4 Å². The monoisotopic (exact) mass is 264 g/mol. The van der Waals surface area contributed by atoms with Crippen molar-refractivity contribution in [3.05, 3.63) is 29.8 Å². The van der Waals surface area contributed by atoms with Gasteiger partial charge in [-0.1, -0.05) is 25.1 Å². The number of ether oxygens (including phenoxy) is 1. The zero-order valence-corrected chi connectivity index (χ0v) is 12.0. The lowest BCUT2D eigenvalue weighted by molar-refractivity contribution is -0.121. The molecule has 0 saturated heterocycles. The molecule has 0 heterocycles. The first-order valence-corrected chi connectivity index (χ1v) is 6.79. The van der Waals surface area contributed by atoms with E-state index in [1.807, 2.05) is 31.3 Å². The highest BCUT2D eigenvalue weighted by Gasteiger charge is 2.15. The van der Waals surface area contributed by atoms with Crippen molar-refractivity contribution in [1.82, 2.24) is 10.6 Å². The van der Waals surface area contributed by atoms with Crippen LogP contribution in [0.15, 0.2) is 24.3 Å². The van der Waals surface area contributed by atoms with Gasteiger partial charge >= 0.3 is 0 Å². The minimum atomic E-state index is 0.0123. The lowest BCUT2D eigenvalue weighted by Gasteiger charge is -2.20. The molecule has 1 amide bonds. The summed E-state index contributed by atoms with van der Waals surface area (Å²) >= 11 is 0. The van der Waals surface area contributed by atoms with E-state index in [0.717, 1.165) is 30.7 Å². The quantitative estimate of drug-likeness (QED) is 0.708. The Kier molecular flexibility index (Phi) is 6.97. The molecular formula is C15H24N2O2. The molecule has 19 heavy (non-hydrogen) atoms. The smallest absolute Gasteiger partial charge is 0.220 e. The van der Waals surface area contributed by atoms with E-state index in [0.29, 0.717) is 6.42 Å². The Bertz CT molecular complexity index is 393. The van der Waals surface area contributed by atoms with Gasteiger partial charge in [-0.2, -0.15) is 0 Å². The average molecular weight is 264 g/mol. The first-order chi connectivity index (χ1) is 9.22. The molecule has 0 aliphatic heterocycles. The van der Waals surface area contributed by atoms with Crippen molar-refractivity contribution < 1.29 is 9.53 Å². The normalized spacial score (nSPS) is 11.9. The lowest BCUT2D eigenvalue weighted by atomic mass is 10.0. The molecule has 0 aliphatic rings. The highest BCUT2D eigenvalue weighted by Crippen LogP contribution is 2.26. The van der Waals surface area contributed by atoms with E-state index in [-0.39, 0.29) is 11.9 Å². The van der Waals surface area contributed by atoms with Crippen molar-refractivity contribution in [2.45, 2.75) is 32.2 Å². The predicted molar refractivity (Wildman–Crippen MR) is 77.3 cm³/mol. The minimum Gasteiger partial charge on any atom is -0.496 e. The number of carbonyl (C=O) groups excluding carboxylic acids is 1. The van der Waals surface area contributed by atoms with E-state index in [2.05, 4.69) is 17.6 Å². The summed E-state index contributed by atoms with van der Waals surface area (Å²) < 4.78 is 5.35. The number of methoxy groups -OCH3 is 1. The van der Waals surface area contributed by atoms with E-state index in [1.165, 1.54) is 0 Å². The van der Waals surface area contributed by atoms with Crippen LogP contribution in [0.2, 0.25) is 0 Å². The van der Waals surface area contributed by atoms with Crippen LogP contribution >= 0.6 is 0 Å². The lowest BCUT2D eigenvalue weighted by Crippen LogP contribution is -2.28. The molecule has 4 heteroatoms. The van der Waals surface area contributed by atoms with Crippen LogP contribution in [-0.4, -0.2) is 26.6 Å². The molecule has 0 aromatic heterocycles. The molecule has 0 bridgehead atoms. The van der Waals surface area contributed by atoms with Gasteiger partial charge in [0.15, 0.2) is 0 Å². The molecule has 1 aromatic rings. The molecule has 0 saturated carbocycles. The Morgan fingerprint density at radius 1 is 1.37 bits per heavy atom. The summed E-state index contributed by atoms with van der Waals surface area (Å²) in [5.74, 6) is 0.915. The molecule has 1 aromatic carbocycles. The van der Waals surface area contributed by atoms with E-state index in [9.17, 15) is 4.79 Å². The van der Waals surface area contributed by atoms with Gasteiger partial charge in [-0.3, -0.25) is 4.79 Å². The second kappa shape index (κ2) is 8.53. The zero-order valence-electron chi connectivity index (χ0n) is 12.0. The van der Waals surface area contributed by atoms with Crippen LogP contribution in [-0.2, 0) is 4.79 Å². The van der Waals surface area contributed by atoms with Crippen LogP contribution in [0.5, 0.6) is 5.75 Å². The fourth-order valence-electron chi connectivity index (χ4n) is 2.05. The maximum absolute atomic E-state index is 11.9. The van der Waals surface area contributed by atoms with E-state index < -0.39 is 0 Å². The van der Waals surface area contributed by atoms with Gasteiger partial charge < -0.3 is 15.4 Å². The largest absolute Gasteiger partial charge is 0.496 e. The van der Waals surface area contributed by atoms with Crippen molar-refractivity contribution in [1.29, 1.82) is 0 Å². The molecule has 1 atom stereocenters. The number of nitrogens with one attached hydrogen (secondary N) is 2. The Morgan fingerprint density at radius 3 is 2.74 bits per heavy atom. The predicted octanol–water partition coefficient (Wildman–Crippen LogP) is 2.26. The highest BCUT2D eigenvalue weighted by molar-refractivity contribution is 5.76. The summed E-state index contributed by atoms with van der Waals surface area (Å²) in [5, 5.41) is 6.11. The molecule has 0 spiro atoms. The van der Waals surface area contributed by atoms with Crippen LogP contribution in [0.3, 0.4) is 0 Å². The molecule has 1 unspecified atom stereocenters. The van der Waals surface area contributed by atoms with Gasteiger partial charge in [-0.05, 0) is 32.5 Å². The van der Waals surface area contributed by atoms with Gasteiger partial charge in [0.1, 0.15) is 5.75 Å². The van der Waals surface area contributed by atoms with Gasteiger partial charge in [0, 0.05) is 12.0 Å². The zero-order chi connectivity index (χ0) is 14.1. The van der Waals surface area contributed by atoms with Crippen LogP contribution in [0.4, 0.5) is 0 Å². The summed E-state index contributed by atoms with van der Waals surface area (Å²) in [6, 6.07) is 7.84. The van der Waals surface area contributed by atoms with Crippen molar-refractivity contribution in [2.24, 2.45) is 0 Å². The topological polar surface area (TPSA) is 50.4 Å². The third-order valence-corrected chi connectivity index (χ3v) is 3.09. The number of amides is 1. The van der Waals surface area contributed by atoms with E-state index in [4.69, 9.17) is 4.74 Å². The molecule has 4 nitrogen and oxygen atoms in total. The summed E-state index contributed by atoms with van der Waals surface area (Å²) in [7, 11) is 3.54. The first-order valence-electron chi connectivity index (χ1n) is 6.79. The molecule has 1 rings (SSSR count). The van der Waals surface area contributed by atoms with Crippen molar-refractivity contribution >= 4 is 5.91 Å².